The maximum absolute atomic E-state index is 12.8. The fraction of sp³-hybridized carbons (Fsp3) is 0.560. The monoisotopic (exact) mass is 380 g/mol. The van der Waals surface area contributed by atoms with Gasteiger partial charge in [-0.3, -0.25) is 4.79 Å². The lowest BCUT2D eigenvalue weighted by Crippen LogP contribution is -2.51. The van der Waals surface area contributed by atoms with Gasteiger partial charge in [0.25, 0.3) is 0 Å². The van der Waals surface area contributed by atoms with E-state index in [1.165, 1.54) is 18.2 Å². The summed E-state index contributed by atoms with van der Waals surface area (Å²) in [6.45, 7) is 4.51. The molecule has 0 radical (unpaired) electrons. The first-order valence-electron chi connectivity index (χ1n) is 10.6. The maximum atomic E-state index is 12.8. The predicted molar refractivity (Wildman–Crippen MR) is 111 cm³/mol. The zero-order chi connectivity index (χ0) is 19.9. The molecular formula is C25H32O3. The van der Waals surface area contributed by atoms with E-state index in [9.17, 15) is 4.79 Å². The van der Waals surface area contributed by atoms with Crippen LogP contribution in [0.3, 0.4) is 0 Å². The van der Waals surface area contributed by atoms with Crippen molar-refractivity contribution in [2.24, 2.45) is 16.7 Å². The number of hydrogen-bond donors (Lipinski definition) is 0. The lowest BCUT2D eigenvalue weighted by Gasteiger charge is -2.55. The molecule has 3 heteroatoms. The van der Waals surface area contributed by atoms with Gasteiger partial charge in [0.1, 0.15) is 0 Å². The number of hydrogen-bond acceptors (Lipinski definition) is 3. The van der Waals surface area contributed by atoms with Crippen molar-refractivity contribution in [3.63, 3.8) is 0 Å². The lowest BCUT2D eigenvalue weighted by molar-refractivity contribution is -0.162. The average molecular weight is 381 g/mol. The minimum absolute atomic E-state index is 0.00793. The van der Waals surface area contributed by atoms with Crippen molar-refractivity contribution in [2.45, 2.75) is 58.3 Å². The van der Waals surface area contributed by atoms with Crippen molar-refractivity contribution < 1.29 is 14.3 Å². The van der Waals surface area contributed by atoms with Gasteiger partial charge in [0, 0.05) is 12.3 Å². The summed E-state index contributed by atoms with van der Waals surface area (Å²) in [5.74, 6) is 1.70. The minimum Gasteiger partial charge on any atom is -0.501 e. The highest BCUT2D eigenvalue weighted by atomic mass is 16.5. The van der Waals surface area contributed by atoms with Crippen molar-refractivity contribution in [1.82, 2.24) is 0 Å². The molecule has 1 aromatic rings. The van der Waals surface area contributed by atoms with Crippen LogP contribution >= 0.6 is 0 Å². The Kier molecular flexibility index (Phi) is 4.89. The van der Waals surface area contributed by atoms with Gasteiger partial charge in [-0.1, -0.05) is 49.2 Å². The maximum Gasteiger partial charge on any atom is 0.311 e. The third-order valence-corrected chi connectivity index (χ3v) is 7.84. The van der Waals surface area contributed by atoms with Crippen molar-refractivity contribution >= 4 is 5.97 Å². The average Bonchev–Trinajstić information content (AvgIpc) is 2.73. The second kappa shape index (κ2) is 7.09. The molecule has 0 amide bonds. The molecule has 4 atom stereocenters. The van der Waals surface area contributed by atoms with Crippen molar-refractivity contribution in [3.05, 3.63) is 58.9 Å². The molecule has 150 valence electrons. The van der Waals surface area contributed by atoms with Gasteiger partial charge in [-0.25, -0.2) is 0 Å². The van der Waals surface area contributed by atoms with E-state index in [-0.39, 0.29) is 11.4 Å². The topological polar surface area (TPSA) is 35.5 Å². The second-order valence-electron chi connectivity index (χ2n) is 9.19. The van der Waals surface area contributed by atoms with Gasteiger partial charge in [0.2, 0.25) is 0 Å². The fourth-order valence-electron chi connectivity index (χ4n) is 6.42. The van der Waals surface area contributed by atoms with Gasteiger partial charge in [-0.2, -0.15) is 0 Å². The first-order valence-corrected chi connectivity index (χ1v) is 10.6. The smallest absolute Gasteiger partial charge is 0.311 e. The van der Waals surface area contributed by atoms with Gasteiger partial charge in [0.05, 0.1) is 25.4 Å². The highest BCUT2D eigenvalue weighted by molar-refractivity contribution is 5.77. The third-order valence-electron chi connectivity index (χ3n) is 7.84. The summed E-state index contributed by atoms with van der Waals surface area (Å²) >= 11 is 0. The van der Waals surface area contributed by atoms with E-state index in [0.29, 0.717) is 11.8 Å². The molecule has 0 N–H and O–H groups in total. The number of carbonyl (C=O) groups is 1. The standard InChI is InChI=1S/C25H32O3/c1-24-13-8-14-25(2,23(26)28-4)22(24)12-11-19-20(17-9-6-5-7-10-17)15-18(27-3)16-21(19)24/h5-7,9-10,16,20,22H,8,11-15H2,1-4H3/t20-,22+,24+,25-/m0/s1. The third kappa shape index (κ3) is 2.82. The zero-order valence-corrected chi connectivity index (χ0v) is 17.6. The summed E-state index contributed by atoms with van der Waals surface area (Å²) < 4.78 is 11.0. The first kappa shape index (κ1) is 19.3. The molecule has 0 saturated heterocycles. The van der Waals surface area contributed by atoms with Gasteiger partial charge >= 0.3 is 5.97 Å². The van der Waals surface area contributed by atoms with E-state index in [0.717, 1.165) is 44.3 Å². The number of allylic oxidation sites excluding steroid dienone is 4. The van der Waals surface area contributed by atoms with Crippen molar-refractivity contribution in [1.29, 1.82) is 0 Å². The van der Waals surface area contributed by atoms with Crippen LogP contribution in [0.4, 0.5) is 0 Å². The number of methoxy groups -OCH3 is 2. The molecule has 3 nitrogen and oxygen atoms in total. The van der Waals surface area contributed by atoms with E-state index in [1.54, 1.807) is 12.7 Å². The van der Waals surface area contributed by atoms with E-state index in [1.807, 2.05) is 0 Å². The molecule has 0 aromatic heterocycles. The van der Waals surface area contributed by atoms with Gasteiger partial charge in [-0.15, -0.1) is 0 Å². The number of ether oxygens (including phenoxy) is 2. The molecule has 28 heavy (non-hydrogen) atoms. The number of benzene rings is 1. The zero-order valence-electron chi connectivity index (χ0n) is 17.6. The highest BCUT2D eigenvalue weighted by Gasteiger charge is 2.56. The van der Waals surface area contributed by atoms with Crippen LogP contribution in [0.2, 0.25) is 0 Å². The first-order chi connectivity index (χ1) is 13.4. The molecule has 0 aliphatic heterocycles. The van der Waals surface area contributed by atoms with Crippen LogP contribution in [-0.4, -0.2) is 20.2 Å². The van der Waals surface area contributed by atoms with E-state index < -0.39 is 5.41 Å². The van der Waals surface area contributed by atoms with Crippen LogP contribution in [0.25, 0.3) is 0 Å². The van der Waals surface area contributed by atoms with Crippen LogP contribution < -0.4 is 0 Å². The Balaban J connectivity index is 1.83. The van der Waals surface area contributed by atoms with Gasteiger partial charge in [-0.05, 0) is 61.2 Å². The Morgan fingerprint density at radius 3 is 2.54 bits per heavy atom. The number of esters is 1. The van der Waals surface area contributed by atoms with Crippen molar-refractivity contribution in [3.8, 4) is 0 Å². The van der Waals surface area contributed by atoms with Crippen LogP contribution in [0.5, 0.6) is 0 Å². The molecular weight excluding hydrogens is 348 g/mol. The number of fused-ring (bicyclic) bond motifs is 2. The largest absolute Gasteiger partial charge is 0.501 e. The molecule has 1 aromatic carbocycles. The van der Waals surface area contributed by atoms with Crippen LogP contribution in [0, 0.1) is 16.7 Å². The summed E-state index contributed by atoms with van der Waals surface area (Å²) in [7, 11) is 3.31. The second-order valence-corrected chi connectivity index (χ2v) is 9.19. The van der Waals surface area contributed by atoms with Crippen LogP contribution in [0.15, 0.2) is 53.3 Å². The Labute approximate surface area is 168 Å². The van der Waals surface area contributed by atoms with E-state index in [2.05, 4.69) is 50.3 Å². The van der Waals surface area contributed by atoms with Gasteiger partial charge in [0.15, 0.2) is 0 Å². The fourth-order valence-corrected chi connectivity index (χ4v) is 6.42. The summed E-state index contributed by atoms with van der Waals surface area (Å²) in [5, 5.41) is 0. The van der Waals surface area contributed by atoms with Crippen LogP contribution in [0.1, 0.15) is 63.9 Å². The quantitative estimate of drug-likeness (QED) is 0.624. The highest BCUT2D eigenvalue weighted by Crippen LogP contribution is 2.62. The minimum atomic E-state index is -0.402. The summed E-state index contributed by atoms with van der Waals surface area (Å²) in [5.41, 5.74) is 3.94. The molecule has 3 aliphatic rings. The molecule has 1 fully saturated rings. The molecule has 0 heterocycles. The molecule has 0 unspecified atom stereocenters. The Bertz CT molecular complexity index is 821. The predicted octanol–water partition coefficient (Wildman–Crippen LogP) is 5.78. The summed E-state index contributed by atoms with van der Waals surface area (Å²) in [6, 6.07) is 10.8. The SMILES string of the molecule is COC(=O)[C@@]1(C)CCC[C@]2(C)C3=C(CC[C@@H]12)[C@H](c1ccccc1)CC(OC)=C3. The van der Waals surface area contributed by atoms with Crippen LogP contribution in [-0.2, 0) is 14.3 Å². The van der Waals surface area contributed by atoms with E-state index in [4.69, 9.17) is 9.47 Å². The lowest BCUT2D eigenvalue weighted by atomic mass is 9.48. The molecule has 1 saturated carbocycles. The number of rotatable bonds is 3. The Morgan fingerprint density at radius 1 is 1.11 bits per heavy atom. The Hall–Kier alpha value is -2.03. The van der Waals surface area contributed by atoms with Crippen molar-refractivity contribution in [2.75, 3.05) is 14.2 Å². The molecule has 0 spiro atoms. The van der Waals surface area contributed by atoms with E-state index >= 15 is 0 Å². The molecule has 0 bridgehead atoms. The number of carbonyl (C=O) groups excluding carboxylic acids is 1. The summed E-state index contributed by atoms with van der Waals surface area (Å²) in [4.78, 5) is 12.8. The normalized spacial score (nSPS) is 34.8. The summed E-state index contributed by atoms with van der Waals surface area (Å²) in [6.07, 6.45) is 8.43. The molecule has 3 aliphatic carbocycles. The van der Waals surface area contributed by atoms with Gasteiger partial charge < -0.3 is 9.47 Å². The molecule has 4 rings (SSSR count). The Morgan fingerprint density at radius 2 is 1.86 bits per heavy atom.